The lowest BCUT2D eigenvalue weighted by Crippen LogP contribution is -2.32. The first kappa shape index (κ1) is 15.3. The molecule has 0 aliphatic carbocycles. The second-order valence-electron chi connectivity index (χ2n) is 5.11. The molecule has 4 heteroatoms. The van der Waals surface area contributed by atoms with Gasteiger partial charge in [0.2, 0.25) is 5.91 Å². The summed E-state index contributed by atoms with van der Waals surface area (Å²) in [5.41, 5.74) is 1.03. The minimum atomic E-state index is 0.0689. The minimum absolute atomic E-state index is 0.0689. The zero-order valence-electron chi connectivity index (χ0n) is 11.6. The van der Waals surface area contributed by atoms with Crippen molar-refractivity contribution < 1.29 is 4.79 Å². The Morgan fingerprint density at radius 2 is 1.95 bits per heavy atom. The second kappa shape index (κ2) is 7.04. The summed E-state index contributed by atoms with van der Waals surface area (Å²) in [5.74, 6) is 0.446. The molecule has 1 aromatic carbocycles. The van der Waals surface area contributed by atoms with Crippen molar-refractivity contribution in [3.05, 3.63) is 56.7 Å². The van der Waals surface area contributed by atoms with E-state index < -0.39 is 0 Å². The van der Waals surface area contributed by atoms with Crippen molar-refractivity contribution in [2.45, 2.75) is 26.3 Å². The smallest absolute Gasteiger partial charge is 0.224 e. The Morgan fingerprint density at radius 3 is 2.50 bits per heavy atom. The van der Waals surface area contributed by atoms with Crippen LogP contribution in [-0.4, -0.2) is 5.91 Å². The average molecular weight is 352 g/mol. The van der Waals surface area contributed by atoms with E-state index in [9.17, 15) is 4.79 Å². The van der Waals surface area contributed by atoms with Gasteiger partial charge in [0.1, 0.15) is 0 Å². The number of carbonyl (C=O) groups excluding carboxylic acids is 1. The standard InChI is InChI=1S/C16H18BrNOS/c1-11(2)16(14-4-3-9-20-14)18-15(19)10-12-5-7-13(17)8-6-12/h3-9,11,16H,10H2,1-2H3,(H,18,19)/t16-/m1/s1. The molecule has 106 valence electrons. The van der Waals surface area contributed by atoms with Crippen molar-refractivity contribution in [1.82, 2.24) is 5.32 Å². The number of carbonyl (C=O) groups is 1. The van der Waals surface area contributed by atoms with Gasteiger partial charge in [0.15, 0.2) is 0 Å². The maximum absolute atomic E-state index is 12.2. The fraction of sp³-hybridized carbons (Fsp3) is 0.312. The number of amides is 1. The Balaban J connectivity index is 2.00. The van der Waals surface area contributed by atoms with Gasteiger partial charge in [-0.1, -0.05) is 48.0 Å². The van der Waals surface area contributed by atoms with E-state index in [1.165, 1.54) is 4.88 Å². The summed E-state index contributed by atoms with van der Waals surface area (Å²) in [5, 5.41) is 5.19. The van der Waals surface area contributed by atoms with Crippen LogP contribution in [0.15, 0.2) is 46.3 Å². The van der Waals surface area contributed by atoms with E-state index in [1.54, 1.807) is 11.3 Å². The summed E-state index contributed by atoms with van der Waals surface area (Å²) in [6.07, 6.45) is 0.419. The molecule has 0 bridgehead atoms. The van der Waals surface area contributed by atoms with Crippen molar-refractivity contribution in [1.29, 1.82) is 0 Å². The molecule has 0 aliphatic heterocycles. The lowest BCUT2D eigenvalue weighted by atomic mass is 10.0. The van der Waals surface area contributed by atoms with Gasteiger partial charge in [-0.15, -0.1) is 11.3 Å². The first-order valence-electron chi connectivity index (χ1n) is 6.63. The summed E-state index contributed by atoms with van der Waals surface area (Å²) in [6, 6.07) is 12.1. The van der Waals surface area contributed by atoms with Crippen LogP contribution < -0.4 is 5.32 Å². The van der Waals surface area contributed by atoms with E-state index in [0.717, 1.165) is 10.0 Å². The molecule has 0 spiro atoms. The first-order chi connectivity index (χ1) is 9.56. The second-order valence-corrected chi connectivity index (χ2v) is 7.00. The highest BCUT2D eigenvalue weighted by Crippen LogP contribution is 2.25. The summed E-state index contributed by atoms with van der Waals surface area (Å²) >= 11 is 5.09. The van der Waals surface area contributed by atoms with Gasteiger partial charge >= 0.3 is 0 Å². The topological polar surface area (TPSA) is 29.1 Å². The molecule has 0 saturated heterocycles. The van der Waals surface area contributed by atoms with Crippen LogP contribution in [-0.2, 0) is 11.2 Å². The number of hydrogen-bond acceptors (Lipinski definition) is 2. The Morgan fingerprint density at radius 1 is 1.25 bits per heavy atom. The van der Waals surface area contributed by atoms with Crippen LogP contribution in [0, 0.1) is 5.92 Å². The zero-order valence-corrected chi connectivity index (χ0v) is 14.0. The molecule has 1 amide bonds. The Bertz CT molecular complexity index is 548. The van der Waals surface area contributed by atoms with Gasteiger partial charge in [-0.05, 0) is 35.1 Å². The normalized spacial score (nSPS) is 12.4. The van der Waals surface area contributed by atoms with Crippen LogP contribution in [0.3, 0.4) is 0 Å². The van der Waals surface area contributed by atoms with Gasteiger partial charge in [-0.2, -0.15) is 0 Å². The molecule has 2 nitrogen and oxygen atoms in total. The molecule has 20 heavy (non-hydrogen) atoms. The highest BCUT2D eigenvalue weighted by Gasteiger charge is 2.19. The highest BCUT2D eigenvalue weighted by atomic mass is 79.9. The van der Waals surface area contributed by atoms with Crippen molar-refractivity contribution >= 4 is 33.2 Å². The van der Waals surface area contributed by atoms with Crippen LogP contribution in [0.25, 0.3) is 0 Å². The molecule has 0 unspecified atom stereocenters. The minimum Gasteiger partial charge on any atom is -0.348 e. The number of hydrogen-bond donors (Lipinski definition) is 1. The Labute approximate surface area is 132 Å². The van der Waals surface area contributed by atoms with E-state index in [4.69, 9.17) is 0 Å². The van der Waals surface area contributed by atoms with Crippen LogP contribution >= 0.6 is 27.3 Å². The number of halogens is 1. The fourth-order valence-corrected chi connectivity index (χ4v) is 3.26. The maximum Gasteiger partial charge on any atom is 0.224 e. The molecular formula is C16H18BrNOS. The van der Waals surface area contributed by atoms with Gasteiger partial charge in [0.25, 0.3) is 0 Å². The molecule has 1 atom stereocenters. The molecular weight excluding hydrogens is 334 g/mol. The Hall–Kier alpha value is -1.13. The van der Waals surface area contributed by atoms with E-state index in [1.807, 2.05) is 35.7 Å². The molecule has 2 rings (SSSR count). The van der Waals surface area contributed by atoms with Crippen LogP contribution in [0.2, 0.25) is 0 Å². The van der Waals surface area contributed by atoms with Crippen molar-refractivity contribution in [2.75, 3.05) is 0 Å². The fourth-order valence-electron chi connectivity index (χ4n) is 2.05. The quantitative estimate of drug-likeness (QED) is 0.839. The number of thiophene rings is 1. The predicted octanol–water partition coefficient (Wildman–Crippen LogP) is 4.57. The monoisotopic (exact) mass is 351 g/mol. The molecule has 2 aromatic rings. The molecule has 0 aliphatic rings. The van der Waals surface area contributed by atoms with Crippen LogP contribution in [0.5, 0.6) is 0 Å². The van der Waals surface area contributed by atoms with Gasteiger partial charge in [-0.3, -0.25) is 4.79 Å². The molecule has 0 saturated carbocycles. The predicted molar refractivity (Wildman–Crippen MR) is 87.9 cm³/mol. The number of benzene rings is 1. The third-order valence-corrected chi connectivity index (χ3v) is 4.59. The van der Waals surface area contributed by atoms with Crippen molar-refractivity contribution in [2.24, 2.45) is 5.92 Å². The molecule has 1 heterocycles. The van der Waals surface area contributed by atoms with Gasteiger partial charge in [-0.25, -0.2) is 0 Å². The SMILES string of the molecule is CC(C)[C@@H](NC(=O)Cc1ccc(Br)cc1)c1cccs1. The Kier molecular flexibility index (Phi) is 5.38. The van der Waals surface area contributed by atoms with E-state index >= 15 is 0 Å². The molecule has 0 radical (unpaired) electrons. The first-order valence-corrected chi connectivity index (χ1v) is 8.30. The van der Waals surface area contributed by atoms with Crippen molar-refractivity contribution in [3.63, 3.8) is 0 Å². The summed E-state index contributed by atoms with van der Waals surface area (Å²) in [4.78, 5) is 13.4. The average Bonchev–Trinajstić information content (AvgIpc) is 2.92. The summed E-state index contributed by atoms with van der Waals surface area (Å²) < 4.78 is 1.03. The maximum atomic E-state index is 12.2. The lowest BCUT2D eigenvalue weighted by molar-refractivity contribution is -0.121. The summed E-state index contributed by atoms with van der Waals surface area (Å²) in [6.45, 7) is 4.26. The third kappa shape index (κ3) is 4.18. The van der Waals surface area contributed by atoms with Crippen LogP contribution in [0.4, 0.5) is 0 Å². The van der Waals surface area contributed by atoms with Crippen molar-refractivity contribution in [3.8, 4) is 0 Å². The number of nitrogens with one attached hydrogen (secondary N) is 1. The van der Waals surface area contributed by atoms with E-state index in [0.29, 0.717) is 12.3 Å². The van der Waals surface area contributed by atoms with Gasteiger partial charge in [0, 0.05) is 9.35 Å². The van der Waals surface area contributed by atoms with E-state index in [-0.39, 0.29) is 11.9 Å². The largest absolute Gasteiger partial charge is 0.348 e. The molecule has 1 aromatic heterocycles. The van der Waals surface area contributed by atoms with Crippen LogP contribution in [0.1, 0.15) is 30.3 Å². The molecule has 0 fully saturated rings. The zero-order chi connectivity index (χ0) is 14.5. The lowest BCUT2D eigenvalue weighted by Gasteiger charge is -2.21. The number of rotatable bonds is 5. The highest BCUT2D eigenvalue weighted by molar-refractivity contribution is 9.10. The van der Waals surface area contributed by atoms with Gasteiger partial charge < -0.3 is 5.32 Å². The third-order valence-electron chi connectivity index (χ3n) is 3.11. The van der Waals surface area contributed by atoms with E-state index in [2.05, 4.69) is 41.2 Å². The van der Waals surface area contributed by atoms with Gasteiger partial charge in [0.05, 0.1) is 12.5 Å². The molecule has 1 N–H and O–H groups in total. The summed E-state index contributed by atoms with van der Waals surface area (Å²) in [7, 11) is 0.